The number of thiophene rings is 1. The molecular weight excluding hydrogens is 328 g/mol. The highest BCUT2D eigenvalue weighted by Gasteiger charge is 2.24. The second kappa shape index (κ2) is 6.92. The van der Waals surface area contributed by atoms with Crippen molar-refractivity contribution in [3.05, 3.63) is 23.7 Å². The summed E-state index contributed by atoms with van der Waals surface area (Å²) in [7, 11) is 0. The molecule has 128 valence electrons. The van der Waals surface area contributed by atoms with Gasteiger partial charge in [-0.2, -0.15) is 0 Å². The fourth-order valence-electron chi connectivity index (χ4n) is 3.06. The topological polar surface area (TPSA) is 66.9 Å². The van der Waals surface area contributed by atoms with Crippen molar-refractivity contribution >= 4 is 33.3 Å². The Hall–Kier alpha value is -1.90. The van der Waals surface area contributed by atoms with Gasteiger partial charge in [0.15, 0.2) is 6.29 Å². The number of pyridine rings is 1. The van der Waals surface area contributed by atoms with Crippen molar-refractivity contribution in [3.8, 4) is 0 Å². The molecule has 8 heteroatoms. The summed E-state index contributed by atoms with van der Waals surface area (Å²) in [5, 5.41) is 6.16. The summed E-state index contributed by atoms with van der Waals surface area (Å²) in [5.74, 6) is 1.02. The minimum atomic E-state index is -0.310. The first kappa shape index (κ1) is 15.6. The minimum absolute atomic E-state index is 0.0598. The van der Waals surface area contributed by atoms with Crippen molar-refractivity contribution in [2.45, 2.75) is 6.29 Å². The number of anilines is 1. The third-order valence-corrected chi connectivity index (χ3v) is 5.22. The quantitative estimate of drug-likeness (QED) is 0.911. The molecule has 4 rings (SSSR count). The third-order valence-electron chi connectivity index (χ3n) is 4.34. The van der Waals surface area contributed by atoms with Crippen molar-refractivity contribution in [3.63, 3.8) is 0 Å². The molecule has 2 aliphatic heterocycles. The van der Waals surface area contributed by atoms with E-state index in [1.165, 1.54) is 10.1 Å². The summed E-state index contributed by atoms with van der Waals surface area (Å²) in [6.45, 7) is 4.52. The predicted molar refractivity (Wildman–Crippen MR) is 92.5 cm³/mol. The molecular formula is C16H20N4O3S. The Kier molecular flexibility index (Phi) is 4.50. The number of nitrogens with one attached hydrogen (secondary N) is 1. The van der Waals surface area contributed by atoms with E-state index in [2.05, 4.69) is 26.6 Å². The Balaban J connectivity index is 1.33. The monoisotopic (exact) mass is 348 g/mol. The van der Waals surface area contributed by atoms with Gasteiger partial charge in [-0.3, -0.25) is 0 Å². The first-order chi connectivity index (χ1) is 11.8. The van der Waals surface area contributed by atoms with Crippen LogP contribution in [-0.4, -0.2) is 68.1 Å². The van der Waals surface area contributed by atoms with Crippen LogP contribution in [0.1, 0.15) is 0 Å². The molecule has 2 fully saturated rings. The zero-order valence-electron chi connectivity index (χ0n) is 13.3. The number of ether oxygens (including phenoxy) is 2. The van der Waals surface area contributed by atoms with Crippen LogP contribution in [0.2, 0.25) is 0 Å². The van der Waals surface area contributed by atoms with E-state index in [0.29, 0.717) is 32.8 Å². The minimum Gasteiger partial charge on any atom is -0.353 e. The molecule has 0 atom stereocenters. The zero-order chi connectivity index (χ0) is 16.4. The SMILES string of the molecule is O=C(NCC1OCCO1)N1CCN(c2nccc3sccc23)CC1. The van der Waals surface area contributed by atoms with Crippen LogP contribution in [0.5, 0.6) is 0 Å². The molecule has 0 aliphatic carbocycles. The Morgan fingerprint density at radius 1 is 1.25 bits per heavy atom. The number of fused-ring (bicyclic) bond motifs is 1. The molecule has 2 amide bonds. The van der Waals surface area contributed by atoms with Crippen LogP contribution >= 0.6 is 11.3 Å². The van der Waals surface area contributed by atoms with Gasteiger partial charge >= 0.3 is 6.03 Å². The molecule has 0 radical (unpaired) electrons. The number of aromatic nitrogens is 1. The Bertz CT molecular complexity index is 708. The van der Waals surface area contributed by atoms with E-state index in [1.807, 2.05) is 17.2 Å². The normalized spacial score (nSPS) is 19.2. The van der Waals surface area contributed by atoms with Gasteiger partial charge in [0.2, 0.25) is 0 Å². The van der Waals surface area contributed by atoms with Gasteiger partial charge in [0.05, 0.1) is 19.8 Å². The average molecular weight is 348 g/mol. The number of piperazine rings is 1. The molecule has 2 saturated heterocycles. The highest BCUT2D eigenvalue weighted by atomic mass is 32.1. The summed E-state index contributed by atoms with van der Waals surface area (Å²) in [6, 6.07) is 4.10. The van der Waals surface area contributed by atoms with Gasteiger partial charge in [-0.1, -0.05) is 0 Å². The van der Waals surface area contributed by atoms with Crippen molar-refractivity contribution in [2.24, 2.45) is 0 Å². The van der Waals surface area contributed by atoms with Crippen LogP contribution < -0.4 is 10.2 Å². The van der Waals surface area contributed by atoms with E-state index in [4.69, 9.17) is 9.47 Å². The van der Waals surface area contributed by atoms with Crippen molar-refractivity contribution in [1.82, 2.24) is 15.2 Å². The number of hydrogen-bond acceptors (Lipinski definition) is 6. The Labute approximate surface area is 144 Å². The maximum atomic E-state index is 12.2. The molecule has 0 aromatic carbocycles. The average Bonchev–Trinajstić information content (AvgIpc) is 3.31. The number of urea groups is 1. The Morgan fingerprint density at radius 3 is 2.83 bits per heavy atom. The molecule has 7 nitrogen and oxygen atoms in total. The Morgan fingerprint density at radius 2 is 2.04 bits per heavy atom. The summed E-state index contributed by atoms with van der Waals surface area (Å²) >= 11 is 1.72. The standard InChI is InChI=1S/C16H20N4O3S/c21-16(18-11-14-22-8-9-23-14)20-6-4-19(5-7-20)15-12-2-10-24-13(12)1-3-17-15/h1-3,10,14H,4-9,11H2,(H,18,21). The number of hydrogen-bond donors (Lipinski definition) is 1. The van der Waals surface area contributed by atoms with Gasteiger partial charge in [-0.05, 0) is 17.5 Å². The van der Waals surface area contributed by atoms with Gasteiger partial charge in [-0.25, -0.2) is 9.78 Å². The van der Waals surface area contributed by atoms with E-state index >= 15 is 0 Å². The van der Waals surface area contributed by atoms with E-state index in [1.54, 1.807) is 11.3 Å². The summed E-state index contributed by atoms with van der Waals surface area (Å²) in [5.41, 5.74) is 0. The van der Waals surface area contributed by atoms with E-state index in [0.717, 1.165) is 18.9 Å². The maximum absolute atomic E-state index is 12.2. The molecule has 2 aromatic heterocycles. The molecule has 0 spiro atoms. The number of nitrogens with zero attached hydrogens (tertiary/aromatic N) is 3. The fourth-order valence-corrected chi connectivity index (χ4v) is 3.84. The van der Waals surface area contributed by atoms with Crippen molar-refractivity contribution in [2.75, 3.05) is 50.8 Å². The van der Waals surface area contributed by atoms with Gasteiger partial charge in [0.1, 0.15) is 5.82 Å². The third kappa shape index (κ3) is 3.17. The highest BCUT2D eigenvalue weighted by Crippen LogP contribution is 2.28. The van der Waals surface area contributed by atoms with E-state index in [-0.39, 0.29) is 12.3 Å². The number of rotatable bonds is 3. The van der Waals surface area contributed by atoms with Crippen molar-refractivity contribution < 1.29 is 14.3 Å². The summed E-state index contributed by atoms with van der Waals surface area (Å²) in [6.07, 6.45) is 1.55. The molecule has 0 unspecified atom stereocenters. The smallest absolute Gasteiger partial charge is 0.317 e. The molecule has 2 aliphatic rings. The maximum Gasteiger partial charge on any atom is 0.317 e. The largest absolute Gasteiger partial charge is 0.353 e. The van der Waals surface area contributed by atoms with Crippen LogP contribution in [0.25, 0.3) is 10.1 Å². The van der Waals surface area contributed by atoms with Gasteiger partial charge in [-0.15, -0.1) is 11.3 Å². The van der Waals surface area contributed by atoms with Crippen LogP contribution in [0.15, 0.2) is 23.7 Å². The highest BCUT2D eigenvalue weighted by molar-refractivity contribution is 7.17. The van der Waals surface area contributed by atoms with Crippen LogP contribution in [-0.2, 0) is 9.47 Å². The second-order valence-corrected chi connectivity index (χ2v) is 6.75. The lowest BCUT2D eigenvalue weighted by Gasteiger charge is -2.35. The molecule has 2 aromatic rings. The number of carbonyl (C=O) groups excluding carboxylic acids is 1. The summed E-state index contributed by atoms with van der Waals surface area (Å²) < 4.78 is 11.9. The molecule has 1 N–H and O–H groups in total. The second-order valence-electron chi connectivity index (χ2n) is 5.80. The van der Waals surface area contributed by atoms with E-state index in [9.17, 15) is 4.79 Å². The molecule has 4 heterocycles. The fraction of sp³-hybridized carbons (Fsp3) is 0.500. The van der Waals surface area contributed by atoms with Crippen LogP contribution in [0, 0.1) is 0 Å². The van der Waals surface area contributed by atoms with E-state index < -0.39 is 0 Å². The van der Waals surface area contributed by atoms with Crippen LogP contribution in [0.4, 0.5) is 10.6 Å². The number of carbonyl (C=O) groups is 1. The molecule has 24 heavy (non-hydrogen) atoms. The van der Waals surface area contributed by atoms with Crippen molar-refractivity contribution in [1.29, 1.82) is 0 Å². The first-order valence-corrected chi connectivity index (χ1v) is 9.02. The summed E-state index contributed by atoms with van der Waals surface area (Å²) in [4.78, 5) is 20.9. The van der Waals surface area contributed by atoms with Crippen LogP contribution in [0.3, 0.4) is 0 Å². The lowest BCUT2D eigenvalue weighted by molar-refractivity contribution is -0.0377. The van der Waals surface area contributed by atoms with Gasteiger partial charge in [0, 0.05) is 42.5 Å². The van der Waals surface area contributed by atoms with Gasteiger partial charge < -0.3 is 24.6 Å². The molecule has 0 bridgehead atoms. The number of amides is 2. The lowest BCUT2D eigenvalue weighted by atomic mass is 10.2. The van der Waals surface area contributed by atoms with Gasteiger partial charge in [0.25, 0.3) is 0 Å². The zero-order valence-corrected chi connectivity index (χ0v) is 14.1. The predicted octanol–water partition coefficient (Wildman–Crippen LogP) is 1.50. The first-order valence-electron chi connectivity index (χ1n) is 8.14. The molecule has 0 saturated carbocycles. The lowest BCUT2D eigenvalue weighted by Crippen LogP contribution is -2.53.